The lowest BCUT2D eigenvalue weighted by atomic mass is 9.96. The molecule has 0 aromatic heterocycles. The Bertz CT molecular complexity index is 294. The van der Waals surface area contributed by atoms with Gasteiger partial charge in [0, 0.05) is 18.1 Å². The first-order valence-corrected chi connectivity index (χ1v) is 4.77. The number of aliphatic hydroxyl groups excluding tert-OH is 1. The zero-order valence-corrected chi connectivity index (χ0v) is 8.43. The summed E-state index contributed by atoms with van der Waals surface area (Å²) >= 11 is 0. The predicted molar refractivity (Wildman–Crippen MR) is 53.2 cm³/mol. The van der Waals surface area contributed by atoms with Gasteiger partial charge in [-0.05, 0) is 19.8 Å². The summed E-state index contributed by atoms with van der Waals surface area (Å²) in [5.41, 5.74) is 1.11. The molecule has 4 nitrogen and oxygen atoms in total. The molecule has 0 amide bonds. The number of nitro groups is 1. The van der Waals surface area contributed by atoms with Gasteiger partial charge in [0.2, 0.25) is 0 Å². The monoisotopic (exact) mass is 197 g/mol. The molecule has 1 aliphatic carbocycles. The molecule has 0 radical (unpaired) electrons. The van der Waals surface area contributed by atoms with Crippen LogP contribution < -0.4 is 0 Å². The van der Waals surface area contributed by atoms with E-state index in [-0.39, 0.29) is 22.6 Å². The van der Waals surface area contributed by atoms with Crippen LogP contribution in [0.2, 0.25) is 0 Å². The van der Waals surface area contributed by atoms with E-state index in [1.54, 1.807) is 12.2 Å². The van der Waals surface area contributed by atoms with Gasteiger partial charge in [-0.15, -0.1) is 0 Å². The van der Waals surface area contributed by atoms with Crippen LogP contribution in [-0.2, 0) is 0 Å². The molecule has 14 heavy (non-hydrogen) atoms. The molecule has 0 saturated carbocycles. The van der Waals surface area contributed by atoms with E-state index in [0.717, 1.165) is 5.57 Å². The van der Waals surface area contributed by atoms with E-state index in [9.17, 15) is 15.2 Å². The zero-order valence-electron chi connectivity index (χ0n) is 8.43. The van der Waals surface area contributed by atoms with Crippen molar-refractivity contribution in [3.63, 3.8) is 0 Å². The van der Waals surface area contributed by atoms with Gasteiger partial charge in [0.15, 0.2) is 0 Å². The SMILES string of the molecule is CC[C@@H](O)CC1C=C([N+](=O)[O-])C=C1C. The highest BCUT2D eigenvalue weighted by Gasteiger charge is 2.23. The Hall–Kier alpha value is -1.16. The molecule has 1 aliphatic rings. The lowest BCUT2D eigenvalue weighted by Gasteiger charge is -2.12. The topological polar surface area (TPSA) is 63.4 Å². The summed E-state index contributed by atoms with van der Waals surface area (Å²) < 4.78 is 0. The summed E-state index contributed by atoms with van der Waals surface area (Å²) in [5, 5.41) is 19.9. The average molecular weight is 197 g/mol. The Morgan fingerprint density at radius 1 is 1.71 bits per heavy atom. The van der Waals surface area contributed by atoms with Gasteiger partial charge in [0.25, 0.3) is 5.70 Å². The summed E-state index contributed by atoms with van der Waals surface area (Å²) in [5.74, 6) is 0.0327. The average Bonchev–Trinajstić information content (AvgIpc) is 2.48. The second-order valence-corrected chi connectivity index (χ2v) is 3.64. The van der Waals surface area contributed by atoms with Gasteiger partial charge in [-0.1, -0.05) is 12.5 Å². The Labute approximate surface area is 83.1 Å². The molecule has 4 heteroatoms. The van der Waals surface area contributed by atoms with E-state index in [4.69, 9.17) is 0 Å². The Balaban J connectivity index is 2.66. The molecule has 1 rings (SSSR count). The summed E-state index contributed by atoms with van der Waals surface area (Å²) in [7, 11) is 0. The van der Waals surface area contributed by atoms with E-state index in [1.807, 2.05) is 13.8 Å². The van der Waals surface area contributed by atoms with Crippen LogP contribution in [-0.4, -0.2) is 16.1 Å². The maximum absolute atomic E-state index is 10.5. The first-order valence-electron chi connectivity index (χ1n) is 4.77. The molecule has 0 aromatic rings. The smallest absolute Gasteiger partial charge is 0.266 e. The largest absolute Gasteiger partial charge is 0.393 e. The van der Waals surface area contributed by atoms with Crippen LogP contribution in [0, 0.1) is 16.0 Å². The minimum absolute atomic E-state index is 0.0327. The van der Waals surface area contributed by atoms with Crippen LogP contribution in [0.4, 0.5) is 0 Å². The fourth-order valence-corrected chi connectivity index (χ4v) is 1.55. The molecule has 0 bridgehead atoms. The van der Waals surface area contributed by atoms with E-state index in [1.165, 1.54) is 0 Å². The van der Waals surface area contributed by atoms with Crippen molar-refractivity contribution in [3.05, 3.63) is 33.5 Å². The van der Waals surface area contributed by atoms with Crippen LogP contribution >= 0.6 is 0 Å². The predicted octanol–water partition coefficient (Wildman–Crippen LogP) is 1.88. The van der Waals surface area contributed by atoms with Gasteiger partial charge in [0.1, 0.15) is 0 Å². The molecular formula is C10H15NO3. The Kier molecular flexibility index (Phi) is 3.41. The summed E-state index contributed by atoms with van der Waals surface area (Å²) in [6, 6.07) is 0. The van der Waals surface area contributed by atoms with Crippen molar-refractivity contribution in [1.82, 2.24) is 0 Å². The van der Waals surface area contributed by atoms with Crippen molar-refractivity contribution in [1.29, 1.82) is 0 Å². The highest BCUT2D eigenvalue weighted by Crippen LogP contribution is 2.28. The third-order valence-electron chi connectivity index (χ3n) is 2.54. The van der Waals surface area contributed by atoms with Crippen molar-refractivity contribution >= 4 is 0 Å². The first-order chi connectivity index (χ1) is 6.54. The van der Waals surface area contributed by atoms with Crippen molar-refractivity contribution in [3.8, 4) is 0 Å². The first kappa shape index (κ1) is 10.9. The second kappa shape index (κ2) is 4.37. The van der Waals surface area contributed by atoms with Gasteiger partial charge in [-0.3, -0.25) is 10.1 Å². The number of nitrogens with zero attached hydrogens (tertiary/aromatic N) is 1. The van der Waals surface area contributed by atoms with E-state index in [2.05, 4.69) is 0 Å². The number of hydrogen-bond donors (Lipinski definition) is 1. The van der Waals surface area contributed by atoms with Crippen molar-refractivity contribution in [2.45, 2.75) is 32.8 Å². The Morgan fingerprint density at radius 2 is 2.36 bits per heavy atom. The van der Waals surface area contributed by atoms with Gasteiger partial charge < -0.3 is 5.11 Å². The number of allylic oxidation sites excluding steroid dienone is 3. The normalized spacial score (nSPS) is 22.9. The van der Waals surface area contributed by atoms with Crippen LogP contribution in [0.5, 0.6) is 0 Å². The fourth-order valence-electron chi connectivity index (χ4n) is 1.55. The minimum atomic E-state index is -0.387. The van der Waals surface area contributed by atoms with Crippen LogP contribution in [0.15, 0.2) is 23.4 Å². The third-order valence-corrected chi connectivity index (χ3v) is 2.54. The molecule has 0 spiro atoms. The lowest BCUT2D eigenvalue weighted by molar-refractivity contribution is -0.418. The molecule has 1 N–H and O–H groups in total. The zero-order chi connectivity index (χ0) is 10.7. The summed E-state index contributed by atoms with van der Waals surface area (Å²) in [6.45, 7) is 3.76. The molecule has 0 fully saturated rings. The van der Waals surface area contributed by atoms with Crippen LogP contribution in [0.1, 0.15) is 26.7 Å². The second-order valence-electron chi connectivity index (χ2n) is 3.64. The molecule has 1 unspecified atom stereocenters. The van der Waals surface area contributed by atoms with Gasteiger partial charge >= 0.3 is 0 Å². The van der Waals surface area contributed by atoms with Crippen molar-refractivity contribution < 1.29 is 10.0 Å². The van der Waals surface area contributed by atoms with Gasteiger partial charge in [-0.2, -0.15) is 0 Å². The van der Waals surface area contributed by atoms with Gasteiger partial charge in [0.05, 0.1) is 11.0 Å². The summed E-state index contributed by atoms with van der Waals surface area (Å²) in [6.07, 6.45) is 4.09. The molecule has 0 saturated heterocycles. The lowest BCUT2D eigenvalue weighted by Crippen LogP contribution is -2.10. The van der Waals surface area contributed by atoms with Crippen molar-refractivity contribution in [2.24, 2.45) is 5.92 Å². The molecular weight excluding hydrogens is 182 g/mol. The molecule has 2 atom stereocenters. The van der Waals surface area contributed by atoms with E-state index >= 15 is 0 Å². The quantitative estimate of drug-likeness (QED) is 0.553. The molecule has 78 valence electrons. The number of rotatable bonds is 4. The van der Waals surface area contributed by atoms with Gasteiger partial charge in [-0.25, -0.2) is 0 Å². The van der Waals surface area contributed by atoms with E-state index in [0.29, 0.717) is 12.8 Å². The molecule has 0 heterocycles. The van der Waals surface area contributed by atoms with E-state index < -0.39 is 0 Å². The maximum atomic E-state index is 10.5. The highest BCUT2D eigenvalue weighted by atomic mass is 16.6. The third kappa shape index (κ3) is 2.42. The molecule has 0 aliphatic heterocycles. The Morgan fingerprint density at radius 3 is 2.79 bits per heavy atom. The van der Waals surface area contributed by atoms with Crippen LogP contribution in [0.25, 0.3) is 0 Å². The number of hydrogen-bond acceptors (Lipinski definition) is 3. The summed E-state index contributed by atoms with van der Waals surface area (Å²) in [4.78, 5) is 10.1. The molecule has 0 aromatic carbocycles. The fraction of sp³-hybridized carbons (Fsp3) is 0.600. The standard InChI is InChI=1S/C10H15NO3/c1-3-10(12)6-8-5-9(11(13)14)4-7(8)2/h4-5,8,10,12H,3,6H2,1-2H3/t8?,10-/m1/s1. The van der Waals surface area contributed by atoms with Crippen LogP contribution in [0.3, 0.4) is 0 Å². The van der Waals surface area contributed by atoms with Crippen molar-refractivity contribution in [2.75, 3.05) is 0 Å². The highest BCUT2D eigenvalue weighted by molar-refractivity contribution is 5.30. The number of aliphatic hydroxyl groups is 1. The maximum Gasteiger partial charge on any atom is 0.266 e. The minimum Gasteiger partial charge on any atom is -0.393 e.